The van der Waals surface area contributed by atoms with Crippen molar-refractivity contribution in [3.8, 4) is 5.75 Å². The largest absolute Gasteiger partial charge is 0.479 e. The molecule has 28 heavy (non-hydrogen) atoms. The lowest BCUT2D eigenvalue weighted by Gasteiger charge is -2.15. The lowest BCUT2D eigenvalue weighted by atomic mass is 9.98. The number of aryl methyl sites for hydroxylation is 2. The monoisotopic (exact) mass is 380 g/mol. The number of carbonyl (C=O) groups excluding carboxylic acids is 2. The maximum atomic E-state index is 13.2. The van der Waals surface area contributed by atoms with Gasteiger partial charge in [-0.3, -0.25) is 4.79 Å². The number of hydrogen-bond acceptors (Lipinski definition) is 5. The van der Waals surface area contributed by atoms with Crippen LogP contribution in [0.3, 0.4) is 0 Å². The van der Waals surface area contributed by atoms with Crippen molar-refractivity contribution in [1.29, 1.82) is 0 Å². The zero-order valence-electron chi connectivity index (χ0n) is 16.6. The molecule has 1 atom stereocenters. The van der Waals surface area contributed by atoms with Gasteiger partial charge >= 0.3 is 5.97 Å². The Bertz CT molecular complexity index is 1020. The summed E-state index contributed by atoms with van der Waals surface area (Å²) in [6.45, 7) is 7.51. The molecule has 0 saturated carbocycles. The van der Waals surface area contributed by atoms with Gasteiger partial charge in [-0.05, 0) is 50.6 Å². The summed E-state index contributed by atoms with van der Waals surface area (Å²) < 4.78 is 16.5. The van der Waals surface area contributed by atoms with E-state index < -0.39 is 12.1 Å². The molecule has 1 unspecified atom stereocenters. The van der Waals surface area contributed by atoms with E-state index in [4.69, 9.17) is 13.9 Å². The van der Waals surface area contributed by atoms with Gasteiger partial charge in [0.15, 0.2) is 11.9 Å². The molecule has 0 aliphatic carbocycles. The van der Waals surface area contributed by atoms with Gasteiger partial charge in [0.2, 0.25) is 0 Å². The van der Waals surface area contributed by atoms with Gasteiger partial charge in [0, 0.05) is 17.4 Å². The Labute approximate surface area is 164 Å². The number of ether oxygens (including phenoxy) is 2. The third kappa shape index (κ3) is 3.79. The highest BCUT2D eigenvalue weighted by Crippen LogP contribution is 2.30. The topological polar surface area (TPSA) is 65.7 Å². The van der Waals surface area contributed by atoms with Gasteiger partial charge in [0.05, 0.1) is 12.2 Å². The number of ketones is 1. The molecule has 5 nitrogen and oxygen atoms in total. The molecule has 1 aromatic heterocycles. The number of benzene rings is 2. The van der Waals surface area contributed by atoms with Gasteiger partial charge in [-0.15, -0.1) is 0 Å². The van der Waals surface area contributed by atoms with Crippen LogP contribution in [0.4, 0.5) is 0 Å². The zero-order chi connectivity index (χ0) is 20.3. The summed E-state index contributed by atoms with van der Waals surface area (Å²) in [5.41, 5.74) is 2.64. The van der Waals surface area contributed by atoms with Crippen LogP contribution in [-0.4, -0.2) is 24.5 Å². The van der Waals surface area contributed by atoms with E-state index in [0.29, 0.717) is 41.2 Å². The van der Waals surface area contributed by atoms with Crippen LogP contribution in [0.25, 0.3) is 11.0 Å². The van der Waals surface area contributed by atoms with Crippen LogP contribution in [0.2, 0.25) is 0 Å². The molecule has 0 saturated heterocycles. The van der Waals surface area contributed by atoms with Crippen molar-refractivity contribution in [2.24, 2.45) is 0 Å². The van der Waals surface area contributed by atoms with Crippen molar-refractivity contribution in [2.45, 2.75) is 40.2 Å². The van der Waals surface area contributed by atoms with E-state index in [0.717, 1.165) is 10.9 Å². The van der Waals surface area contributed by atoms with Crippen molar-refractivity contribution >= 4 is 22.7 Å². The predicted molar refractivity (Wildman–Crippen MR) is 107 cm³/mol. The number of furan rings is 1. The fraction of sp³-hybridized carbons (Fsp3) is 0.304. The fourth-order valence-electron chi connectivity index (χ4n) is 3.16. The van der Waals surface area contributed by atoms with Gasteiger partial charge in [0.1, 0.15) is 17.1 Å². The molecule has 0 aliphatic rings. The Morgan fingerprint density at radius 2 is 1.86 bits per heavy atom. The minimum Gasteiger partial charge on any atom is -0.479 e. The van der Waals surface area contributed by atoms with Crippen molar-refractivity contribution in [1.82, 2.24) is 0 Å². The van der Waals surface area contributed by atoms with E-state index >= 15 is 0 Å². The van der Waals surface area contributed by atoms with Crippen LogP contribution in [0.15, 0.2) is 46.9 Å². The Balaban J connectivity index is 1.90. The first-order valence-corrected chi connectivity index (χ1v) is 9.45. The molecular formula is C23H24O5. The molecule has 0 N–H and O–H groups in total. The van der Waals surface area contributed by atoms with E-state index in [1.807, 2.05) is 38.1 Å². The third-order valence-electron chi connectivity index (χ3n) is 4.58. The van der Waals surface area contributed by atoms with E-state index in [-0.39, 0.29) is 5.78 Å². The molecule has 3 aromatic rings. The first kappa shape index (κ1) is 19.7. The van der Waals surface area contributed by atoms with E-state index in [1.54, 1.807) is 32.0 Å². The second-order valence-electron chi connectivity index (χ2n) is 6.57. The van der Waals surface area contributed by atoms with Crippen LogP contribution >= 0.6 is 0 Å². The standard InChI is InChI=1S/C23H24O5/c1-5-18-21(17-9-7-8-10-20(17)28-18)22(24)16-11-12-19(14(3)13-16)27-15(4)23(25)26-6-2/h7-13,15H,5-6H2,1-4H3. The third-order valence-corrected chi connectivity index (χ3v) is 4.58. The summed E-state index contributed by atoms with van der Waals surface area (Å²) >= 11 is 0. The number of rotatable bonds is 7. The molecule has 0 bridgehead atoms. The van der Waals surface area contributed by atoms with E-state index in [9.17, 15) is 9.59 Å². The van der Waals surface area contributed by atoms with Crippen molar-refractivity contribution in [3.63, 3.8) is 0 Å². The maximum Gasteiger partial charge on any atom is 0.347 e. The molecule has 0 aliphatic heterocycles. The molecule has 2 aromatic carbocycles. The Morgan fingerprint density at radius 1 is 1.11 bits per heavy atom. The average Bonchev–Trinajstić information content (AvgIpc) is 3.07. The van der Waals surface area contributed by atoms with Crippen LogP contribution in [0.1, 0.15) is 48.0 Å². The quantitative estimate of drug-likeness (QED) is 0.432. The smallest absolute Gasteiger partial charge is 0.347 e. The maximum absolute atomic E-state index is 13.2. The summed E-state index contributed by atoms with van der Waals surface area (Å²) in [7, 11) is 0. The number of para-hydroxylation sites is 1. The Kier molecular flexibility index (Phi) is 5.83. The molecule has 0 amide bonds. The summed E-state index contributed by atoms with van der Waals surface area (Å²) in [6.07, 6.45) is -0.0859. The van der Waals surface area contributed by atoms with Gasteiger partial charge in [0.25, 0.3) is 0 Å². The molecular weight excluding hydrogens is 356 g/mol. The summed E-state index contributed by atoms with van der Waals surface area (Å²) in [4.78, 5) is 25.0. The first-order chi connectivity index (χ1) is 13.5. The van der Waals surface area contributed by atoms with E-state index in [1.165, 1.54) is 0 Å². The van der Waals surface area contributed by atoms with Crippen molar-refractivity contribution in [2.75, 3.05) is 6.61 Å². The molecule has 3 rings (SSSR count). The zero-order valence-corrected chi connectivity index (χ0v) is 16.6. The number of carbonyl (C=O) groups is 2. The highest BCUT2D eigenvalue weighted by atomic mass is 16.6. The summed E-state index contributed by atoms with van der Waals surface area (Å²) in [5.74, 6) is 0.722. The molecule has 146 valence electrons. The second kappa shape index (κ2) is 8.30. The highest BCUT2D eigenvalue weighted by Gasteiger charge is 2.22. The summed E-state index contributed by atoms with van der Waals surface area (Å²) in [5, 5.41) is 0.818. The number of hydrogen-bond donors (Lipinski definition) is 0. The minimum atomic E-state index is -0.718. The lowest BCUT2D eigenvalue weighted by molar-refractivity contribution is -0.150. The number of fused-ring (bicyclic) bond motifs is 1. The van der Waals surface area contributed by atoms with Crippen molar-refractivity contribution in [3.05, 3.63) is 64.9 Å². The lowest BCUT2D eigenvalue weighted by Crippen LogP contribution is -2.26. The predicted octanol–water partition coefficient (Wildman–Crippen LogP) is 4.87. The normalized spacial score (nSPS) is 12.0. The minimum absolute atomic E-state index is 0.0881. The Morgan fingerprint density at radius 3 is 2.54 bits per heavy atom. The van der Waals surface area contributed by atoms with Crippen LogP contribution in [0, 0.1) is 6.92 Å². The van der Waals surface area contributed by atoms with Crippen LogP contribution < -0.4 is 4.74 Å². The summed E-state index contributed by atoms with van der Waals surface area (Å²) in [6, 6.07) is 12.8. The average molecular weight is 380 g/mol. The van der Waals surface area contributed by atoms with E-state index in [2.05, 4.69) is 0 Å². The first-order valence-electron chi connectivity index (χ1n) is 9.45. The van der Waals surface area contributed by atoms with Gasteiger partial charge in [-0.1, -0.05) is 25.1 Å². The SMILES string of the molecule is CCOC(=O)C(C)Oc1ccc(C(=O)c2c(CC)oc3ccccc23)cc1C. The van der Waals surface area contributed by atoms with Gasteiger partial charge in [-0.25, -0.2) is 4.79 Å². The molecule has 0 radical (unpaired) electrons. The Hall–Kier alpha value is -3.08. The fourth-order valence-corrected chi connectivity index (χ4v) is 3.16. The molecule has 5 heteroatoms. The molecule has 0 spiro atoms. The van der Waals surface area contributed by atoms with Crippen molar-refractivity contribution < 1.29 is 23.5 Å². The molecule has 1 heterocycles. The van der Waals surface area contributed by atoms with Crippen LogP contribution in [-0.2, 0) is 16.0 Å². The van der Waals surface area contributed by atoms with Gasteiger partial charge < -0.3 is 13.9 Å². The number of esters is 1. The second-order valence-corrected chi connectivity index (χ2v) is 6.57. The van der Waals surface area contributed by atoms with Crippen LogP contribution in [0.5, 0.6) is 5.75 Å². The highest BCUT2D eigenvalue weighted by molar-refractivity contribution is 6.17. The van der Waals surface area contributed by atoms with Gasteiger partial charge in [-0.2, -0.15) is 0 Å². The molecule has 0 fully saturated rings.